The van der Waals surface area contributed by atoms with Gasteiger partial charge in [0.15, 0.2) is 11.6 Å². The van der Waals surface area contributed by atoms with Crippen LogP contribution in [0, 0.1) is 0 Å². The zero-order chi connectivity index (χ0) is 10.3. The van der Waals surface area contributed by atoms with Crippen molar-refractivity contribution in [2.75, 3.05) is 0 Å². The summed E-state index contributed by atoms with van der Waals surface area (Å²) >= 11 is 0. The monoisotopic (exact) mass is 189 g/mol. The van der Waals surface area contributed by atoms with Gasteiger partial charge in [-0.15, -0.1) is 0 Å². The Balaban J connectivity index is 2.45. The first-order valence-electron chi connectivity index (χ1n) is 5.07. The molecule has 2 heteroatoms. The van der Waals surface area contributed by atoms with Gasteiger partial charge in [0.2, 0.25) is 5.70 Å². The van der Waals surface area contributed by atoms with Crippen LogP contribution in [0.1, 0.15) is 27.7 Å². The van der Waals surface area contributed by atoms with E-state index in [1.165, 1.54) is 11.3 Å². The van der Waals surface area contributed by atoms with Gasteiger partial charge < -0.3 is 0 Å². The molecule has 0 bridgehead atoms. The lowest BCUT2D eigenvalue weighted by atomic mass is 10.0. The van der Waals surface area contributed by atoms with Crippen molar-refractivity contribution in [3.8, 4) is 0 Å². The van der Waals surface area contributed by atoms with E-state index in [0.717, 1.165) is 0 Å². The van der Waals surface area contributed by atoms with E-state index in [1.54, 1.807) is 0 Å². The van der Waals surface area contributed by atoms with Crippen molar-refractivity contribution in [2.45, 2.75) is 39.3 Å². The fourth-order valence-corrected chi connectivity index (χ4v) is 1.98. The van der Waals surface area contributed by atoms with Gasteiger partial charge in [-0.05, 0) is 17.3 Å². The minimum Gasteiger partial charge on any atom is -0.0877 e. The van der Waals surface area contributed by atoms with Gasteiger partial charge in [-0.3, -0.25) is 0 Å². The molecule has 0 aromatic carbocycles. The van der Waals surface area contributed by atoms with E-state index >= 15 is 0 Å². The molecule has 0 aromatic heterocycles. The van der Waals surface area contributed by atoms with Crippen molar-refractivity contribution >= 4 is 0 Å². The normalized spacial score (nSPS) is 25.4. The average molecular weight is 189 g/mol. The fraction of sp³-hybridized carbons (Fsp3) is 0.500. The number of rotatable bonds is 0. The largest absolute Gasteiger partial charge is 0.211 e. The molecule has 0 spiro atoms. The molecule has 74 valence electrons. The second-order valence-corrected chi connectivity index (χ2v) is 4.83. The van der Waals surface area contributed by atoms with E-state index in [9.17, 15) is 0 Å². The Morgan fingerprint density at radius 3 is 2.57 bits per heavy atom. The highest BCUT2D eigenvalue weighted by Gasteiger charge is 2.38. The molecular weight excluding hydrogens is 172 g/mol. The number of hydrogen-bond donors (Lipinski definition) is 0. The molecule has 0 amide bonds. The molecule has 1 aliphatic carbocycles. The van der Waals surface area contributed by atoms with Gasteiger partial charge >= 0.3 is 0 Å². The van der Waals surface area contributed by atoms with Crippen molar-refractivity contribution in [1.82, 2.24) is 0 Å². The Kier molecular flexibility index (Phi) is 1.95. The SMILES string of the molecule is CC1=C2C=CC=CC2N=[N+]1C(C)(C)C. The molecule has 1 unspecified atom stereocenters. The van der Waals surface area contributed by atoms with Crippen molar-refractivity contribution in [3.63, 3.8) is 0 Å². The van der Waals surface area contributed by atoms with Gasteiger partial charge in [0.25, 0.3) is 0 Å². The zero-order valence-electron chi connectivity index (χ0n) is 9.28. The summed E-state index contributed by atoms with van der Waals surface area (Å²) in [5, 5.41) is 4.68. The van der Waals surface area contributed by atoms with Crippen LogP contribution < -0.4 is 0 Å². The number of fused-ring (bicyclic) bond motifs is 1. The van der Waals surface area contributed by atoms with Crippen molar-refractivity contribution in [1.29, 1.82) is 0 Å². The molecule has 1 aliphatic heterocycles. The number of nitrogens with zero attached hydrogens (tertiary/aromatic N) is 2. The lowest BCUT2D eigenvalue weighted by Gasteiger charge is -2.11. The van der Waals surface area contributed by atoms with E-state index in [1.807, 2.05) is 0 Å². The van der Waals surface area contributed by atoms with Crippen LogP contribution in [-0.2, 0) is 0 Å². The van der Waals surface area contributed by atoms with Crippen LogP contribution in [0.5, 0.6) is 0 Å². The molecule has 1 atom stereocenters. The van der Waals surface area contributed by atoms with Crippen molar-refractivity contribution in [2.24, 2.45) is 5.11 Å². The highest BCUT2D eigenvalue weighted by molar-refractivity contribution is 5.38. The smallest absolute Gasteiger partial charge is 0.0877 e. The molecule has 0 aromatic rings. The molecule has 2 aliphatic rings. The summed E-state index contributed by atoms with van der Waals surface area (Å²) in [6, 6.07) is 0.249. The van der Waals surface area contributed by atoms with Gasteiger partial charge in [0.05, 0.1) is 5.57 Å². The van der Waals surface area contributed by atoms with E-state index in [4.69, 9.17) is 0 Å². The molecule has 2 rings (SSSR count). The first kappa shape index (κ1) is 9.38. The minimum absolute atomic E-state index is 0.0795. The number of azo groups is 2. The van der Waals surface area contributed by atoms with Crippen LogP contribution in [0.4, 0.5) is 0 Å². The summed E-state index contributed by atoms with van der Waals surface area (Å²) in [6.07, 6.45) is 8.45. The molecule has 0 saturated heterocycles. The Morgan fingerprint density at radius 1 is 1.29 bits per heavy atom. The predicted molar refractivity (Wildman–Crippen MR) is 57.2 cm³/mol. The molecule has 0 saturated carbocycles. The van der Waals surface area contributed by atoms with Gasteiger partial charge in [0, 0.05) is 27.7 Å². The quantitative estimate of drug-likeness (QED) is 0.520. The predicted octanol–water partition coefficient (Wildman–Crippen LogP) is 3.03. The summed E-state index contributed by atoms with van der Waals surface area (Å²) < 4.78 is 2.13. The maximum absolute atomic E-state index is 4.68. The summed E-state index contributed by atoms with van der Waals surface area (Å²) in [6.45, 7) is 8.70. The highest BCUT2D eigenvalue weighted by atomic mass is 15.3. The summed E-state index contributed by atoms with van der Waals surface area (Å²) in [4.78, 5) is 0. The van der Waals surface area contributed by atoms with Crippen LogP contribution >= 0.6 is 0 Å². The maximum Gasteiger partial charge on any atom is 0.211 e. The van der Waals surface area contributed by atoms with E-state index in [0.29, 0.717) is 0 Å². The van der Waals surface area contributed by atoms with Crippen LogP contribution in [0.15, 0.2) is 40.7 Å². The second-order valence-electron chi connectivity index (χ2n) is 4.83. The van der Waals surface area contributed by atoms with Gasteiger partial charge in [-0.25, -0.2) is 0 Å². The maximum atomic E-state index is 4.68. The molecule has 0 fully saturated rings. The average Bonchev–Trinajstić information content (AvgIpc) is 2.44. The highest BCUT2D eigenvalue weighted by Crippen LogP contribution is 2.30. The van der Waals surface area contributed by atoms with Crippen LogP contribution in [0.3, 0.4) is 0 Å². The summed E-state index contributed by atoms with van der Waals surface area (Å²) in [5.41, 5.74) is 2.70. The summed E-state index contributed by atoms with van der Waals surface area (Å²) in [5.74, 6) is 0. The second kappa shape index (κ2) is 2.91. The first-order chi connectivity index (χ1) is 6.50. The Labute approximate surface area is 85.3 Å². The van der Waals surface area contributed by atoms with Crippen LogP contribution in [0.25, 0.3) is 0 Å². The van der Waals surface area contributed by atoms with Gasteiger partial charge in [-0.2, -0.15) is 0 Å². The zero-order valence-corrected chi connectivity index (χ0v) is 9.28. The minimum atomic E-state index is 0.0795. The number of hydrogen-bond acceptors (Lipinski definition) is 1. The third-order valence-corrected chi connectivity index (χ3v) is 2.61. The topological polar surface area (TPSA) is 15.4 Å². The Morgan fingerprint density at radius 2 is 2.00 bits per heavy atom. The molecular formula is C12H17N2+. The van der Waals surface area contributed by atoms with E-state index in [2.05, 4.69) is 61.8 Å². The molecule has 0 N–H and O–H groups in total. The van der Waals surface area contributed by atoms with E-state index < -0.39 is 0 Å². The first-order valence-corrected chi connectivity index (χ1v) is 5.07. The van der Waals surface area contributed by atoms with Gasteiger partial charge in [-0.1, -0.05) is 16.8 Å². The van der Waals surface area contributed by atoms with Crippen molar-refractivity contribution in [3.05, 3.63) is 35.6 Å². The molecule has 1 heterocycles. The standard InChI is InChI=1S/C12H17N2/c1-9-10-7-5-6-8-11(10)13-14(9)12(2,3)4/h5-8,11H,1-4H3/q+1. The molecule has 2 nitrogen and oxygen atoms in total. The van der Waals surface area contributed by atoms with Crippen LogP contribution in [-0.4, -0.2) is 16.3 Å². The lowest BCUT2D eigenvalue weighted by Crippen LogP contribution is -2.29. The Hall–Kier alpha value is -1.18. The molecule has 14 heavy (non-hydrogen) atoms. The third-order valence-electron chi connectivity index (χ3n) is 2.61. The summed E-state index contributed by atoms with van der Waals surface area (Å²) in [7, 11) is 0. The number of allylic oxidation sites excluding steroid dienone is 3. The van der Waals surface area contributed by atoms with Gasteiger partial charge in [0.1, 0.15) is 0 Å². The Bertz CT molecular complexity index is 376. The van der Waals surface area contributed by atoms with E-state index in [-0.39, 0.29) is 11.6 Å². The van der Waals surface area contributed by atoms with Crippen LogP contribution in [0.2, 0.25) is 0 Å². The van der Waals surface area contributed by atoms with Crippen molar-refractivity contribution < 1.29 is 4.70 Å². The lowest BCUT2D eigenvalue weighted by molar-refractivity contribution is -0.609. The molecule has 0 radical (unpaired) electrons. The fourth-order valence-electron chi connectivity index (χ4n) is 1.98. The third kappa shape index (κ3) is 1.35.